The van der Waals surface area contributed by atoms with Crippen LogP contribution in [0.4, 0.5) is 4.39 Å². The first-order valence-corrected chi connectivity index (χ1v) is 5.71. The van der Waals surface area contributed by atoms with E-state index in [1.54, 1.807) is 20.1 Å². The smallest absolute Gasteiger partial charge is 0.181 e. The Bertz CT molecular complexity index is 418. The standard InChI is InChI=1S/C13H17FN2O2/c1-10(8-15)18-13-4-3-11(7-12(13)14)9-16-5-6-17-2/h3-4,7,10,16H,5-6,9H2,1-2H3. The molecule has 1 N–H and O–H groups in total. The fraction of sp³-hybridized carbons (Fsp3) is 0.462. The minimum atomic E-state index is -0.662. The molecule has 0 bridgehead atoms. The number of halogens is 1. The second-order valence-corrected chi connectivity index (χ2v) is 3.82. The summed E-state index contributed by atoms with van der Waals surface area (Å²) in [6.45, 7) is 3.46. The lowest BCUT2D eigenvalue weighted by Crippen LogP contribution is -2.18. The summed E-state index contributed by atoms with van der Waals surface area (Å²) >= 11 is 0. The average Bonchev–Trinajstić information content (AvgIpc) is 2.37. The van der Waals surface area contributed by atoms with Crippen molar-refractivity contribution >= 4 is 0 Å². The monoisotopic (exact) mass is 252 g/mol. The molecule has 18 heavy (non-hydrogen) atoms. The summed E-state index contributed by atoms with van der Waals surface area (Å²) in [5.41, 5.74) is 0.820. The van der Waals surface area contributed by atoms with Crippen molar-refractivity contribution in [3.63, 3.8) is 0 Å². The van der Waals surface area contributed by atoms with E-state index in [0.29, 0.717) is 19.7 Å². The Kier molecular flexibility index (Phi) is 6.12. The number of nitriles is 1. The van der Waals surface area contributed by atoms with E-state index in [0.717, 1.165) is 5.56 Å². The molecule has 0 aliphatic carbocycles. The van der Waals surface area contributed by atoms with Gasteiger partial charge in [0.1, 0.15) is 6.07 Å². The highest BCUT2D eigenvalue weighted by Gasteiger charge is 2.08. The van der Waals surface area contributed by atoms with Crippen molar-refractivity contribution in [1.29, 1.82) is 5.26 Å². The van der Waals surface area contributed by atoms with Gasteiger partial charge in [0.2, 0.25) is 0 Å². The molecule has 98 valence electrons. The average molecular weight is 252 g/mol. The maximum absolute atomic E-state index is 13.6. The molecule has 1 aromatic carbocycles. The molecule has 0 aliphatic rings. The van der Waals surface area contributed by atoms with Crippen molar-refractivity contribution in [3.05, 3.63) is 29.6 Å². The van der Waals surface area contributed by atoms with Crippen molar-refractivity contribution in [2.24, 2.45) is 0 Å². The molecule has 0 heterocycles. The zero-order chi connectivity index (χ0) is 13.4. The largest absolute Gasteiger partial charge is 0.473 e. The highest BCUT2D eigenvalue weighted by molar-refractivity contribution is 5.29. The van der Waals surface area contributed by atoms with Gasteiger partial charge >= 0.3 is 0 Å². The van der Waals surface area contributed by atoms with E-state index >= 15 is 0 Å². The number of methoxy groups -OCH3 is 1. The SMILES string of the molecule is COCCNCc1ccc(OC(C)C#N)c(F)c1. The van der Waals surface area contributed by atoms with Crippen molar-refractivity contribution < 1.29 is 13.9 Å². The van der Waals surface area contributed by atoms with Gasteiger partial charge in [-0.25, -0.2) is 4.39 Å². The number of nitrogens with zero attached hydrogens (tertiary/aromatic N) is 1. The van der Waals surface area contributed by atoms with Gasteiger partial charge in [-0.3, -0.25) is 0 Å². The van der Waals surface area contributed by atoms with Gasteiger partial charge in [0.05, 0.1) is 6.61 Å². The van der Waals surface area contributed by atoms with Crippen molar-refractivity contribution in [2.75, 3.05) is 20.3 Å². The van der Waals surface area contributed by atoms with E-state index in [2.05, 4.69) is 5.32 Å². The third-order valence-corrected chi connectivity index (χ3v) is 2.29. The minimum absolute atomic E-state index is 0.102. The number of rotatable bonds is 7. The number of ether oxygens (including phenoxy) is 2. The molecular weight excluding hydrogens is 235 g/mol. The maximum atomic E-state index is 13.6. The van der Waals surface area contributed by atoms with E-state index in [9.17, 15) is 4.39 Å². The summed E-state index contributed by atoms with van der Waals surface area (Å²) in [5.74, 6) is -0.354. The molecule has 1 aromatic rings. The molecule has 0 aliphatic heterocycles. The minimum Gasteiger partial charge on any atom is -0.473 e. The predicted molar refractivity (Wildman–Crippen MR) is 65.7 cm³/mol. The molecule has 0 radical (unpaired) electrons. The number of hydrogen-bond acceptors (Lipinski definition) is 4. The highest BCUT2D eigenvalue weighted by atomic mass is 19.1. The van der Waals surface area contributed by atoms with Gasteiger partial charge in [-0.05, 0) is 24.6 Å². The van der Waals surface area contributed by atoms with Crippen LogP contribution in [0, 0.1) is 17.1 Å². The van der Waals surface area contributed by atoms with E-state index in [4.69, 9.17) is 14.7 Å². The van der Waals surface area contributed by atoms with Crippen molar-refractivity contribution in [3.8, 4) is 11.8 Å². The molecule has 0 spiro atoms. The van der Waals surface area contributed by atoms with Gasteiger partial charge in [-0.2, -0.15) is 5.26 Å². The summed E-state index contributed by atoms with van der Waals surface area (Å²) < 4.78 is 23.6. The summed E-state index contributed by atoms with van der Waals surface area (Å²) in [7, 11) is 1.63. The van der Waals surface area contributed by atoms with E-state index in [1.807, 2.05) is 6.07 Å². The predicted octanol–water partition coefficient (Wildman–Crippen LogP) is 1.85. The maximum Gasteiger partial charge on any atom is 0.181 e. The Morgan fingerprint density at radius 3 is 2.89 bits per heavy atom. The molecule has 0 saturated heterocycles. The topological polar surface area (TPSA) is 54.3 Å². The fourth-order valence-corrected chi connectivity index (χ4v) is 1.37. The molecule has 0 saturated carbocycles. The molecule has 0 amide bonds. The van der Waals surface area contributed by atoms with Gasteiger partial charge < -0.3 is 14.8 Å². The van der Waals surface area contributed by atoms with Crippen LogP contribution >= 0.6 is 0 Å². The van der Waals surface area contributed by atoms with Crippen LogP contribution in [0.1, 0.15) is 12.5 Å². The van der Waals surface area contributed by atoms with Crippen LogP contribution in [0.3, 0.4) is 0 Å². The molecule has 5 heteroatoms. The third-order valence-electron chi connectivity index (χ3n) is 2.29. The van der Waals surface area contributed by atoms with E-state index in [-0.39, 0.29) is 5.75 Å². The van der Waals surface area contributed by atoms with Gasteiger partial charge in [-0.1, -0.05) is 6.07 Å². The first kappa shape index (κ1) is 14.4. The normalized spacial score (nSPS) is 11.9. The second-order valence-electron chi connectivity index (χ2n) is 3.82. The molecule has 0 fully saturated rings. The Morgan fingerprint density at radius 2 is 2.28 bits per heavy atom. The number of hydrogen-bond donors (Lipinski definition) is 1. The zero-order valence-electron chi connectivity index (χ0n) is 10.6. The van der Waals surface area contributed by atoms with Gasteiger partial charge in [0.25, 0.3) is 0 Å². The van der Waals surface area contributed by atoms with Crippen molar-refractivity contribution in [1.82, 2.24) is 5.32 Å². The summed E-state index contributed by atoms with van der Waals surface area (Å²) in [6, 6.07) is 6.59. The third kappa shape index (κ3) is 4.70. The van der Waals surface area contributed by atoms with E-state index < -0.39 is 11.9 Å². The number of nitrogens with one attached hydrogen (secondary N) is 1. The molecule has 4 nitrogen and oxygen atoms in total. The number of benzene rings is 1. The Hall–Kier alpha value is -1.64. The summed E-state index contributed by atoms with van der Waals surface area (Å²) in [4.78, 5) is 0. The first-order chi connectivity index (χ1) is 8.67. The lowest BCUT2D eigenvalue weighted by molar-refractivity contribution is 0.199. The lowest BCUT2D eigenvalue weighted by atomic mass is 10.2. The molecule has 1 atom stereocenters. The molecule has 0 aromatic heterocycles. The van der Waals surface area contributed by atoms with Crippen LogP contribution in [0.2, 0.25) is 0 Å². The molecular formula is C13H17FN2O2. The van der Waals surface area contributed by atoms with Crippen LogP contribution < -0.4 is 10.1 Å². The van der Waals surface area contributed by atoms with Gasteiger partial charge in [0, 0.05) is 20.2 Å². The first-order valence-electron chi connectivity index (χ1n) is 5.71. The Labute approximate surface area is 106 Å². The molecule has 1 unspecified atom stereocenters. The van der Waals surface area contributed by atoms with Crippen LogP contribution in [0.15, 0.2) is 18.2 Å². The Balaban J connectivity index is 2.54. The zero-order valence-corrected chi connectivity index (χ0v) is 10.6. The van der Waals surface area contributed by atoms with Gasteiger partial charge in [-0.15, -0.1) is 0 Å². The van der Waals surface area contributed by atoms with Crippen LogP contribution in [-0.2, 0) is 11.3 Å². The second kappa shape index (κ2) is 7.64. The van der Waals surface area contributed by atoms with Crippen LogP contribution in [0.5, 0.6) is 5.75 Å². The van der Waals surface area contributed by atoms with E-state index in [1.165, 1.54) is 12.1 Å². The molecule has 1 rings (SSSR count). The van der Waals surface area contributed by atoms with Gasteiger partial charge in [0.15, 0.2) is 17.7 Å². The summed E-state index contributed by atoms with van der Waals surface area (Å²) in [6.07, 6.45) is -0.662. The highest BCUT2D eigenvalue weighted by Crippen LogP contribution is 2.19. The quantitative estimate of drug-likeness (QED) is 0.752. The lowest BCUT2D eigenvalue weighted by Gasteiger charge is -2.10. The summed E-state index contributed by atoms with van der Waals surface area (Å²) in [5, 5.41) is 11.7. The fourth-order valence-electron chi connectivity index (χ4n) is 1.37. The Morgan fingerprint density at radius 1 is 1.50 bits per heavy atom. The van der Waals surface area contributed by atoms with Crippen LogP contribution in [-0.4, -0.2) is 26.4 Å². The van der Waals surface area contributed by atoms with Crippen molar-refractivity contribution in [2.45, 2.75) is 19.6 Å². The van der Waals surface area contributed by atoms with Crippen LogP contribution in [0.25, 0.3) is 0 Å².